The highest BCUT2D eigenvalue weighted by Gasteiger charge is 2.18. The molecule has 3 atom stereocenters. The Balaban J connectivity index is 1.64. The minimum atomic E-state index is 0.103. The van der Waals surface area contributed by atoms with Gasteiger partial charge in [0, 0.05) is 19.7 Å². The predicted molar refractivity (Wildman–Crippen MR) is 113 cm³/mol. The molecule has 0 amide bonds. The molecule has 1 aliphatic heterocycles. The molecule has 0 radical (unpaired) electrons. The van der Waals surface area contributed by atoms with Crippen molar-refractivity contribution < 1.29 is 9.47 Å². The van der Waals surface area contributed by atoms with Crippen molar-refractivity contribution in [1.29, 1.82) is 0 Å². The third-order valence-corrected chi connectivity index (χ3v) is 5.07. The fourth-order valence-electron chi connectivity index (χ4n) is 3.10. The van der Waals surface area contributed by atoms with Gasteiger partial charge in [0.2, 0.25) is 0 Å². The lowest BCUT2D eigenvalue weighted by Crippen LogP contribution is -2.45. The molecule has 3 unspecified atom stereocenters. The van der Waals surface area contributed by atoms with Gasteiger partial charge in [-0.1, -0.05) is 30.3 Å². The van der Waals surface area contributed by atoms with Gasteiger partial charge >= 0.3 is 0 Å². The quantitative estimate of drug-likeness (QED) is 0.521. The van der Waals surface area contributed by atoms with E-state index in [4.69, 9.17) is 14.5 Å². The minimum absolute atomic E-state index is 0.103. The van der Waals surface area contributed by atoms with Crippen LogP contribution in [0.5, 0.6) is 0 Å². The van der Waals surface area contributed by atoms with Gasteiger partial charge in [0.1, 0.15) is 12.4 Å². The topological polar surface area (TPSA) is 85.6 Å². The third-order valence-electron chi connectivity index (χ3n) is 5.07. The summed E-state index contributed by atoms with van der Waals surface area (Å²) in [6, 6.07) is 10.5. The molecule has 1 aromatic heterocycles. The van der Waals surface area contributed by atoms with Gasteiger partial charge in [-0.3, -0.25) is 0 Å². The number of rotatable bonds is 8. The summed E-state index contributed by atoms with van der Waals surface area (Å²) in [6.45, 7) is 8.65. The van der Waals surface area contributed by atoms with Crippen LogP contribution < -0.4 is 10.6 Å². The number of ether oxygens (including phenoxy) is 2. The zero-order chi connectivity index (χ0) is 20.6. The number of aliphatic imine (C=N–C) groups is 1. The normalized spacial score (nSPS) is 19.2. The number of aromatic nitrogens is 3. The Morgan fingerprint density at radius 2 is 2.07 bits per heavy atom. The van der Waals surface area contributed by atoms with E-state index in [0.717, 1.165) is 30.6 Å². The number of hydrogen-bond acceptors (Lipinski definition) is 5. The zero-order valence-corrected chi connectivity index (χ0v) is 17.8. The van der Waals surface area contributed by atoms with Crippen LogP contribution in [0.2, 0.25) is 0 Å². The molecule has 1 saturated heterocycles. The van der Waals surface area contributed by atoms with Gasteiger partial charge < -0.3 is 24.7 Å². The minimum Gasteiger partial charge on any atom is -0.379 e. The fourth-order valence-corrected chi connectivity index (χ4v) is 3.10. The van der Waals surface area contributed by atoms with Crippen molar-refractivity contribution in [2.45, 2.75) is 51.9 Å². The number of benzene rings is 1. The van der Waals surface area contributed by atoms with Crippen LogP contribution in [0.3, 0.4) is 0 Å². The summed E-state index contributed by atoms with van der Waals surface area (Å²) < 4.78 is 13.3. The molecule has 2 heterocycles. The largest absolute Gasteiger partial charge is 0.379 e. The van der Waals surface area contributed by atoms with Crippen LogP contribution >= 0.6 is 0 Å². The average molecular weight is 401 g/mol. The van der Waals surface area contributed by atoms with Gasteiger partial charge in [-0.2, -0.15) is 0 Å². The second-order valence-electron chi connectivity index (χ2n) is 7.53. The smallest absolute Gasteiger partial charge is 0.192 e. The first-order valence-corrected chi connectivity index (χ1v) is 10.2. The molecule has 3 rings (SSSR count). The molecule has 2 aromatic rings. The SMILES string of the molecule is Cc1nnc(CN=C(NC(C)COC2CCOC2)NC(C)c2ccccc2)n1C. The summed E-state index contributed by atoms with van der Waals surface area (Å²) in [7, 11) is 1.95. The maximum Gasteiger partial charge on any atom is 0.192 e. The zero-order valence-electron chi connectivity index (χ0n) is 17.8. The molecular formula is C21H32N6O2. The van der Waals surface area contributed by atoms with E-state index in [1.54, 1.807) is 0 Å². The van der Waals surface area contributed by atoms with Crippen LogP contribution in [0.15, 0.2) is 35.3 Å². The molecule has 1 fully saturated rings. The lowest BCUT2D eigenvalue weighted by Gasteiger charge is -2.23. The Bertz CT molecular complexity index is 786. The van der Waals surface area contributed by atoms with Gasteiger partial charge in [-0.05, 0) is 32.8 Å². The summed E-state index contributed by atoms with van der Waals surface area (Å²) in [5.41, 5.74) is 1.20. The Kier molecular flexibility index (Phi) is 7.60. The number of nitrogens with zero attached hydrogens (tertiary/aromatic N) is 4. The highest BCUT2D eigenvalue weighted by atomic mass is 16.5. The van der Waals surface area contributed by atoms with Crippen molar-refractivity contribution >= 4 is 5.96 Å². The molecule has 8 nitrogen and oxygen atoms in total. The Hall–Kier alpha value is -2.45. The molecule has 8 heteroatoms. The highest BCUT2D eigenvalue weighted by molar-refractivity contribution is 5.80. The summed E-state index contributed by atoms with van der Waals surface area (Å²) in [5, 5.41) is 15.3. The average Bonchev–Trinajstić information content (AvgIpc) is 3.36. The summed E-state index contributed by atoms with van der Waals surface area (Å²) >= 11 is 0. The maximum atomic E-state index is 5.94. The molecule has 29 heavy (non-hydrogen) atoms. The van der Waals surface area contributed by atoms with Crippen molar-refractivity contribution in [2.75, 3.05) is 19.8 Å². The van der Waals surface area contributed by atoms with Crippen molar-refractivity contribution in [3.8, 4) is 0 Å². The van der Waals surface area contributed by atoms with E-state index >= 15 is 0 Å². The van der Waals surface area contributed by atoms with E-state index in [9.17, 15) is 0 Å². The molecule has 1 aliphatic rings. The van der Waals surface area contributed by atoms with Gasteiger partial charge in [0.25, 0.3) is 0 Å². The molecule has 0 spiro atoms. The van der Waals surface area contributed by atoms with E-state index in [2.05, 4.69) is 46.8 Å². The van der Waals surface area contributed by atoms with E-state index < -0.39 is 0 Å². The van der Waals surface area contributed by atoms with Gasteiger partial charge in [0.15, 0.2) is 11.8 Å². The monoisotopic (exact) mass is 400 g/mol. The summed E-state index contributed by atoms with van der Waals surface area (Å²) in [4.78, 5) is 4.74. The fraction of sp³-hybridized carbons (Fsp3) is 0.571. The van der Waals surface area contributed by atoms with Crippen LogP contribution in [0.25, 0.3) is 0 Å². The number of aryl methyl sites for hydroxylation is 1. The highest BCUT2D eigenvalue weighted by Crippen LogP contribution is 2.12. The Morgan fingerprint density at radius 3 is 2.72 bits per heavy atom. The first kappa shape index (κ1) is 21.3. The molecular weight excluding hydrogens is 368 g/mol. The first-order valence-electron chi connectivity index (χ1n) is 10.2. The van der Waals surface area contributed by atoms with Crippen molar-refractivity contribution in [3.63, 3.8) is 0 Å². The van der Waals surface area contributed by atoms with E-state index in [-0.39, 0.29) is 18.2 Å². The van der Waals surface area contributed by atoms with E-state index in [1.807, 2.05) is 36.7 Å². The Morgan fingerprint density at radius 1 is 1.28 bits per heavy atom. The molecule has 0 saturated carbocycles. The van der Waals surface area contributed by atoms with Crippen molar-refractivity contribution in [3.05, 3.63) is 47.5 Å². The van der Waals surface area contributed by atoms with Crippen LogP contribution in [-0.4, -0.2) is 52.7 Å². The molecule has 2 N–H and O–H groups in total. The predicted octanol–water partition coefficient (Wildman–Crippen LogP) is 2.11. The standard InChI is InChI=1S/C21H32N6O2/c1-15(13-29-19-10-11-28-14-19)23-21(22-12-20-26-25-17(3)27(20)4)24-16(2)18-8-6-5-7-9-18/h5-9,15-16,19H,10-14H2,1-4H3,(H2,22,23,24). The second-order valence-corrected chi connectivity index (χ2v) is 7.53. The summed E-state index contributed by atoms with van der Waals surface area (Å²) in [5.74, 6) is 2.42. The number of nitrogens with one attached hydrogen (secondary N) is 2. The van der Waals surface area contributed by atoms with Crippen LogP contribution in [-0.2, 0) is 23.1 Å². The van der Waals surface area contributed by atoms with Crippen LogP contribution in [0, 0.1) is 6.92 Å². The van der Waals surface area contributed by atoms with Gasteiger partial charge in [-0.25, -0.2) is 4.99 Å². The summed E-state index contributed by atoms with van der Waals surface area (Å²) in [6.07, 6.45) is 1.15. The van der Waals surface area contributed by atoms with E-state index in [0.29, 0.717) is 19.8 Å². The van der Waals surface area contributed by atoms with Crippen LogP contribution in [0.4, 0.5) is 0 Å². The van der Waals surface area contributed by atoms with Gasteiger partial charge in [0.05, 0.1) is 25.4 Å². The third kappa shape index (κ3) is 6.27. The molecule has 158 valence electrons. The van der Waals surface area contributed by atoms with Crippen molar-refractivity contribution in [2.24, 2.45) is 12.0 Å². The maximum absolute atomic E-state index is 5.94. The molecule has 0 aliphatic carbocycles. The van der Waals surface area contributed by atoms with Gasteiger partial charge in [-0.15, -0.1) is 10.2 Å². The lowest BCUT2D eigenvalue weighted by molar-refractivity contribution is 0.0347. The molecule has 0 bridgehead atoms. The molecule has 1 aromatic carbocycles. The number of hydrogen-bond donors (Lipinski definition) is 2. The first-order chi connectivity index (χ1) is 14.0. The second kappa shape index (κ2) is 10.4. The lowest BCUT2D eigenvalue weighted by atomic mass is 10.1. The van der Waals surface area contributed by atoms with Crippen LogP contribution in [0.1, 0.15) is 43.5 Å². The number of guanidine groups is 1. The Labute approximate surface area is 172 Å². The van der Waals surface area contributed by atoms with Crippen molar-refractivity contribution in [1.82, 2.24) is 25.4 Å². The van der Waals surface area contributed by atoms with E-state index in [1.165, 1.54) is 5.56 Å².